The standard InChI is InChI=1S/C10H12BrNS/c1-5-8(7-12-3)9(6-2)10(11)13-4/h5-7H,1-3H2,4H3/b8-7+,10-9+. The van der Waals surface area contributed by atoms with Crippen molar-refractivity contribution >= 4 is 34.4 Å². The van der Waals surface area contributed by atoms with E-state index in [-0.39, 0.29) is 0 Å². The highest BCUT2D eigenvalue weighted by Crippen LogP contribution is 2.29. The molecule has 0 saturated heterocycles. The monoisotopic (exact) mass is 257 g/mol. The van der Waals surface area contributed by atoms with Crippen LogP contribution in [-0.4, -0.2) is 13.0 Å². The SMILES string of the molecule is C=CC(=C(/Br)SC)/C(C=C)=C/N=C. The third-order valence-electron chi connectivity index (χ3n) is 1.36. The molecule has 0 spiro atoms. The van der Waals surface area contributed by atoms with Crippen LogP contribution in [0.15, 0.2) is 51.5 Å². The Kier molecular flexibility index (Phi) is 6.63. The molecular formula is C10H12BrNS. The highest BCUT2D eigenvalue weighted by atomic mass is 79.9. The van der Waals surface area contributed by atoms with Crippen LogP contribution in [0.5, 0.6) is 0 Å². The lowest BCUT2D eigenvalue weighted by Gasteiger charge is -2.04. The van der Waals surface area contributed by atoms with Crippen molar-refractivity contribution in [2.24, 2.45) is 4.99 Å². The Morgan fingerprint density at radius 2 is 2.00 bits per heavy atom. The van der Waals surface area contributed by atoms with Crippen molar-refractivity contribution in [2.45, 2.75) is 0 Å². The molecule has 0 rings (SSSR count). The summed E-state index contributed by atoms with van der Waals surface area (Å²) in [6.07, 6.45) is 7.12. The van der Waals surface area contributed by atoms with Crippen molar-refractivity contribution < 1.29 is 0 Å². The van der Waals surface area contributed by atoms with Gasteiger partial charge in [0.25, 0.3) is 0 Å². The van der Waals surface area contributed by atoms with Crippen molar-refractivity contribution in [3.8, 4) is 0 Å². The lowest BCUT2D eigenvalue weighted by atomic mass is 10.1. The minimum atomic E-state index is 0.909. The Morgan fingerprint density at radius 3 is 2.31 bits per heavy atom. The molecule has 0 bridgehead atoms. The molecule has 0 saturated carbocycles. The van der Waals surface area contributed by atoms with Crippen LogP contribution in [0.2, 0.25) is 0 Å². The van der Waals surface area contributed by atoms with E-state index >= 15 is 0 Å². The van der Waals surface area contributed by atoms with E-state index in [2.05, 4.69) is 40.8 Å². The molecule has 0 aromatic heterocycles. The molecule has 0 aromatic rings. The van der Waals surface area contributed by atoms with Gasteiger partial charge in [0.05, 0.1) is 3.81 Å². The first-order valence-electron chi connectivity index (χ1n) is 3.56. The van der Waals surface area contributed by atoms with E-state index in [1.54, 1.807) is 30.1 Å². The normalized spacial score (nSPS) is 13.2. The van der Waals surface area contributed by atoms with Crippen LogP contribution in [0.3, 0.4) is 0 Å². The molecule has 3 heteroatoms. The number of rotatable bonds is 5. The first-order chi connectivity index (χ1) is 6.21. The summed E-state index contributed by atoms with van der Waals surface area (Å²) >= 11 is 5.04. The van der Waals surface area contributed by atoms with E-state index in [0.29, 0.717) is 0 Å². The molecule has 0 radical (unpaired) electrons. The minimum absolute atomic E-state index is 0.909. The topological polar surface area (TPSA) is 12.4 Å². The van der Waals surface area contributed by atoms with Crippen LogP contribution in [0.4, 0.5) is 0 Å². The predicted molar refractivity (Wildman–Crippen MR) is 67.5 cm³/mol. The van der Waals surface area contributed by atoms with E-state index in [4.69, 9.17) is 0 Å². The van der Waals surface area contributed by atoms with E-state index in [1.807, 2.05) is 6.26 Å². The van der Waals surface area contributed by atoms with Gasteiger partial charge in [-0.1, -0.05) is 25.3 Å². The van der Waals surface area contributed by atoms with Gasteiger partial charge >= 0.3 is 0 Å². The molecule has 70 valence electrons. The zero-order valence-corrected chi connectivity index (χ0v) is 9.99. The summed E-state index contributed by atoms with van der Waals surface area (Å²) in [4.78, 5) is 3.70. The van der Waals surface area contributed by atoms with Crippen molar-refractivity contribution in [2.75, 3.05) is 6.26 Å². The Labute approximate surface area is 92.2 Å². The third-order valence-corrected chi connectivity index (χ3v) is 3.33. The molecule has 0 aromatic carbocycles. The van der Waals surface area contributed by atoms with Gasteiger partial charge in [-0.3, -0.25) is 4.99 Å². The summed E-state index contributed by atoms with van der Waals surface area (Å²) in [5.74, 6) is 0. The second-order valence-corrected chi connectivity index (χ2v) is 4.20. The third kappa shape index (κ3) is 3.79. The van der Waals surface area contributed by atoms with Crippen LogP contribution in [0, 0.1) is 0 Å². The summed E-state index contributed by atoms with van der Waals surface area (Å²) < 4.78 is 1.01. The summed E-state index contributed by atoms with van der Waals surface area (Å²) in [5.41, 5.74) is 1.89. The number of nitrogens with zero attached hydrogens (tertiary/aromatic N) is 1. The van der Waals surface area contributed by atoms with Crippen molar-refractivity contribution in [3.63, 3.8) is 0 Å². The largest absolute Gasteiger partial charge is 0.272 e. The Bertz CT molecular complexity index is 277. The Balaban J connectivity index is 5.17. The highest BCUT2D eigenvalue weighted by Gasteiger charge is 2.02. The van der Waals surface area contributed by atoms with Gasteiger partial charge in [0.1, 0.15) is 0 Å². The van der Waals surface area contributed by atoms with E-state index < -0.39 is 0 Å². The van der Waals surface area contributed by atoms with Gasteiger partial charge in [0, 0.05) is 17.3 Å². The number of aliphatic imine (C=N–C) groups is 1. The number of hydrogen-bond acceptors (Lipinski definition) is 2. The smallest absolute Gasteiger partial charge is 0.0579 e. The highest BCUT2D eigenvalue weighted by molar-refractivity contribution is 9.14. The maximum absolute atomic E-state index is 3.73. The predicted octanol–water partition coefficient (Wildman–Crippen LogP) is 3.91. The van der Waals surface area contributed by atoms with E-state index in [0.717, 1.165) is 15.0 Å². The Hall–Kier alpha value is -0.540. The van der Waals surface area contributed by atoms with Crippen molar-refractivity contribution in [1.29, 1.82) is 0 Å². The number of halogens is 1. The second-order valence-electron chi connectivity index (χ2n) is 2.07. The summed E-state index contributed by atoms with van der Waals surface area (Å²) in [6.45, 7) is 10.8. The lowest BCUT2D eigenvalue weighted by Crippen LogP contribution is -1.83. The lowest BCUT2D eigenvalue weighted by molar-refractivity contribution is 1.48. The average Bonchev–Trinajstić information content (AvgIpc) is 2.17. The van der Waals surface area contributed by atoms with Crippen LogP contribution < -0.4 is 0 Å². The van der Waals surface area contributed by atoms with E-state index in [9.17, 15) is 0 Å². The zero-order chi connectivity index (χ0) is 10.3. The zero-order valence-electron chi connectivity index (χ0n) is 7.59. The molecule has 0 atom stereocenters. The second kappa shape index (κ2) is 6.92. The first-order valence-corrected chi connectivity index (χ1v) is 5.58. The van der Waals surface area contributed by atoms with Gasteiger partial charge < -0.3 is 0 Å². The molecule has 0 N–H and O–H groups in total. The van der Waals surface area contributed by atoms with Crippen molar-refractivity contribution in [1.82, 2.24) is 0 Å². The maximum Gasteiger partial charge on any atom is 0.0579 e. The van der Waals surface area contributed by atoms with Gasteiger partial charge in [-0.15, -0.1) is 11.8 Å². The molecule has 0 aliphatic heterocycles. The molecule has 13 heavy (non-hydrogen) atoms. The average molecular weight is 258 g/mol. The molecule has 0 unspecified atom stereocenters. The molecule has 0 amide bonds. The molecule has 1 nitrogen and oxygen atoms in total. The Morgan fingerprint density at radius 1 is 1.38 bits per heavy atom. The molecule has 0 fully saturated rings. The summed E-state index contributed by atoms with van der Waals surface area (Å²) in [5, 5.41) is 0. The minimum Gasteiger partial charge on any atom is -0.272 e. The quantitative estimate of drug-likeness (QED) is 0.538. The number of allylic oxidation sites excluding steroid dienone is 4. The van der Waals surface area contributed by atoms with Gasteiger partial charge in [-0.25, -0.2) is 0 Å². The van der Waals surface area contributed by atoms with Gasteiger partial charge in [-0.05, 0) is 28.9 Å². The fourth-order valence-electron chi connectivity index (χ4n) is 0.752. The fraction of sp³-hybridized carbons (Fsp3) is 0.100. The maximum atomic E-state index is 3.73. The summed E-state index contributed by atoms with van der Waals surface area (Å²) in [6, 6.07) is 0. The first kappa shape index (κ1) is 12.5. The number of hydrogen-bond donors (Lipinski definition) is 0. The van der Waals surface area contributed by atoms with Crippen LogP contribution >= 0.6 is 27.7 Å². The molecule has 0 aliphatic rings. The summed E-state index contributed by atoms with van der Waals surface area (Å²) in [7, 11) is 0. The van der Waals surface area contributed by atoms with Crippen molar-refractivity contribution in [3.05, 3.63) is 46.5 Å². The molecule has 0 heterocycles. The van der Waals surface area contributed by atoms with Crippen LogP contribution in [0.1, 0.15) is 0 Å². The number of thioether (sulfide) groups is 1. The van der Waals surface area contributed by atoms with E-state index in [1.165, 1.54) is 0 Å². The molecular weight excluding hydrogens is 246 g/mol. The fourth-order valence-corrected chi connectivity index (χ4v) is 1.56. The van der Waals surface area contributed by atoms with Gasteiger partial charge in [0.2, 0.25) is 0 Å². The van der Waals surface area contributed by atoms with Crippen LogP contribution in [0.25, 0.3) is 0 Å². The van der Waals surface area contributed by atoms with Gasteiger partial charge in [-0.2, -0.15) is 0 Å². The van der Waals surface area contributed by atoms with Gasteiger partial charge in [0.15, 0.2) is 0 Å². The van der Waals surface area contributed by atoms with Crippen LogP contribution in [-0.2, 0) is 0 Å². The molecule has 0 aliphatic carbocycles.